The van der Waals surface area contributed by atoms with Crippen molar-refractivity contribution in [3.63, 3.8) is 0 Å². The van der Waals surface area contributed by atoms with E-state index in [1.165, 1.54) is 0 Å². The third-order valence-corrected chi connectivity index (χ3v) is 4.32. The SMILES string of the molecule is O=C(CO)[C@@H](O)[C@H](O)[C@H](O)CO.O=C[C@H](O)[C@@H](O)[C@H](O)[C@H](O)CO.OC[C@@H](O)[C@@H](O)[C@H](O)[C@H](O)CO. The molecule has 0 amide bonds. The highest BCUT2D eigenvalue weighted by atomic mass is 16.4. The van der Waals surface area contributed by atoms with Crippen molar-refractivity contribution in [1.82, 2.24) is 0 Å². The Morgan fingerprint density at radius 3 is 1.03 bits per heavy atom. The van der Waals surface area contributed by atoms with E-state index >= 15 is 0 Å². The molecular formula is C18H38O18. The number of rotatable bonds is 15. The molecule has 0 heterocycles. The molecule has 16 N–H and O–H groups in total. The molecule has 0 aromatic rings. The monoisotopic (exact) mass is 542 g/mol. The van der Waals surface area contributed by atoms with Crippen molar-refractivity contribution in [1.29, 1.82) is 0 Å². The normalized spacial score (nSPS) is 20.3. The smallest absolute Gasteiger partial charge is 0.189 e. The maximum Gasteiger partial charge on any atom is 0.189 e. The largest absolute Gasteiger partial charge is 0.394 e. The number of aliphatic hydroxyl groups excluding tert-OH is 16. The first kappa shape index (κ1) is 39.2. The average Bonchev–Trinajstić information content (AvgIpc) is 2.92. The van der Waals surface area contributed by atoms with E-state index in [4.69, 9.17) is 81.7 Å². The van der Waals surface area contributed by atoms with Gasteiger partial charge in [0.25, 0.3) is 0 Å². The lowest BCUT2D eigenvalue weighted by molar-refractivity contribution is -0.142. The molecule has 0 fully saturated rings. The van der Waals surface area contributed by atoms with Crippen LogP contribution in [0.2, 0.25) is 0 Å². The predicted molar refractivity (Wildman–Crippen MR) is 113 cm³/mol. The van der Waals surface area contributed by atoms with Crippen LogP contribution in [0, 0.1) is 0 Å². The first-order chi connectivity index (χ1) is 16.6. The average molecular weight is 542 g/mol. The summed E-state index contributed by atoms with van der Waals surface area (Å²) in [4.78, 5) is 20.4. The summed E-state index contributed by atoms with van der Waals surface area (Å²) >= 11 is 0. The van der Waals surface area contributed by atoms with Gasteiger partial charge in [-0.25, -0.2) is 0 Å². The Morgan fingerprint density at radius 1 is 0.500 bits per heavy atom. The molecule has 0 aromatic heterocycles. The number of aliphatic hydroxyl groups is 16. The van der Waals surface area contributed by atoms with Crippen LogP contribution in [0.3, 0.4) is 0 Å². The maximum absolute atomic E-state index is 10.5. The first-order valence-electron chi connectivity index (χ1n) is 10.1. The quantitative estimate of drug-likeness (QED) is 0.0853. The minimum Gasteiger partial charge on any atom is -0.394 e. The molecule has 18 nitrogen and oxygen atoms in total. The molecule has 0 aliphatic heterocycles. The molecule has 0 aliphatic carbocycles. The van der Waals surface area contributed by atoms with Gasteiger partial charge in [-0.15, -0.1) is 0 Å². The second-order valence-electron chi connectivity index (χ2n) is 7.15. The summed E-state index contributed by atoms with van der Waals surface area (Å²) in [6.07, 6.45) is -18.5. The standard InChI is InChI=1S/C6H14O6.2C6H12O6/c3*7-1-3(9)5(11)6(12)4(10)2-8/h3-12H,1-2H2;3,5-9,11-12H,1-2H2;1,3-6,8-12H,2H2/t3-,4-,5-,6-;3-,5-,6-;3-,4+,5+,6+/m110/s1. The van der Waals surface area contributed by atoms with Crippen molar-refractivity contribution in [3.8, 4) is 0 Å². The van der Waals surface area contributed by atoms with E-state index < -0.39 is 106 Å². The molecular weight excluding hydrogens is 504 g/mol. The summed E-state index contributed by atoms with van der Waals surface area (Å²) in [5, 5.41) is 139. The van der Waals surface area contributed by atoms with Gasteiger partial charge in [-0.1, -0.05) is 0 Å². The van der Waals surface area contributed by atoms with Gasteiger partial charge in [-0.3, -0.25) is 4.79 Å². The predicted octanol–water partition coefficient (Wildman–Crippen LogP) is -10.3. The zero-order chi connectivity index (χ0) is 29.2. The molecule has 0 rings (SSSR count). The van der Waals surface area contributed by atoms with Gasteiger partial charge in [0.1, 0.15) is 73.8 Å². The van der Waals surface area contributed by atoms with Crippen molar-refractivity contribution in [2.45, 2.75) is 67.1 Å². The zero-order valence-electron chi connectivity index (χ0n) is 18.9. The number of aldehydes is 1. The molecule has 0 saturated heterocycles. The van der Waals surface area contributed by atoms with Gasteiger partial charge >= 0.3 is 0 Å². The third kappa shape index (κ3) is 15.1. The van der Waals surface area contributed by atoms with Gasteiger partial charge in [-0.05, 0) is 0 Å². The molecule has 0 saturated carbocycles. The Kier molecular flexibility index (Phi) is 23.7. The van der Waals surface area contributed by atoms with Gasteiger partial charge in [-0.2, -0.15) is 0 Å². The lowest BCUT2D eigenvalue weighted by Gasteiger charge is -2.24. The first-order valence-corrected chi connectivity index (χ1v) is 10.1. The van der Waals surface area contributed by atoms with Crippen molar-refractivity contribution < 1.29 is 91.3 Å². The molecule has 11 atom stereocenters. The van der Waals surface area contributed by atoms with Crippen molar-refractivity contribution in [2.24, 2.45) is 0 Å². The number of hydrogen-bond donors (Lipinski definition) is 16. The Bertz CT molecular complexity index is 538. The molecule has 0 radical (unpaired) electrons. The number of ketones is 1. The van der Waals surface area contributed by atoms with Crippen molar-refractivity contribution >= 4 is 12.1 Å². The molecule has 0 aromatic carbocycles. The zero-order valence-corrected chi connectivity index (χ0v) is 18.9. The van der Waals surface area contributed by atoms with Crippen LogP contribution < -0.4 is 0 Å². The van der Waals surface area contributed by atoms with Gasteiger partial charge in [0, 0.05) is 0 Å². The van der Waals surface area contributed by atoms with Crippen LogP contribution in [0.4, 0.5) is 0 Å². The number of carbonyl (C=O) groups is 2. The summed E-state index contributed by atoms with van der Waals surface area (Å²) in [7, 11) is 0. The van der Waals surface area contributed by atoms with Crippen LogP contribution in [0.1, 0.15) is 0 Å². The van der Waals surface area contributed by atoms with Crippen molar-refractivity contribution in [2.75, 3.05) is 33.0 Å². The van der Waals surface area contributed by atoms with E-state index in [9.17, 15) is 9.59 Å². The van der Waals surface area contributed by atoms with Crippen LogP contribution in [-0.2, 0) is 9.59 Å². The van der Waals surface area contributed by atoms with Gasteiger partial charge in [0.05, 0.1) is 26.4 Å². The molecule has 0 unspecified atom stereocenters. The summed E-state index contributed by atoms with van der Waals surface area (Å²) in [6.45, 7) is -3.90. The third-order valence-electron chi connectivity index (χ3n) is 4.32. The second-order valence-corrected chi connectivity index (χ2v) is 7.15. The van der Waals surface area contributed by atoms with Crippen LogP contribution in [0.25, 0.3) is 0 Å². The number of Topliss-reactive ketones (excluding diaryl/α,β-unsaturated/α-hetero) is 1. The van der Waals surface area contributed by atoms with E-state index in [0.29, 0.717) is 0 Å². The van der Waals surface area contributed by atoms with E-state index in [2.05, 4.69) is 0 Å². The Labute approximate surface area is 204 Å². The van der Waals surface area contributed by atoms with Crippen molar-refractivity contribution in [3.05, 3.63) is 0 Å². The van der Waals surface area contributed by atoms with Crippen LogP contribution in [-0.4, -0.2) is 194 Å². The summed E-state index contributed by atoms with van der Waals surface area (Å²) in [5.41, 5.74) is 0. The second kappa shape index (κ2) is 21.8. The van der Waals surface area contributed by atoms with E-state index in [-0.39, 0.29) is 6.29 Å². The molecule has 36 heavy (non-hydrogen) atoms. The van der Waals surface area contributed by atoms with Gasteiger partial charge in [0.15, 0.2) is 12.1 Å². The fourth-order valence-corrected chi connectivity index (χ4v) is 1.89. The minimum absolute atomic E-state index is 0.0258. The number of carbonyl (C=O) groups excluding carboxylic acids is 2. The molecule has 18 heteroatoms. The highest BCUT2D eigenvalue weighted by Crippen LogP contribution is 2.04. The molecule has 0 bridgehead atoms. The number of hydrogen-bond acceptors (Lipinski definition) is 18. The molecule has 218 valence electrons. The highest BCUT2D eigenvalue weighted by molar-refractivity contribution is 5.84. The summed E-state index contributed by atoms with van der Waals surface area (Å²) in [5.74, 6) is -1.00. The Balaban J connectivity index is -0.000000454. The van der Waals surface area contributed by atoms with Gasteiger partial charge < -0.3 is 86.5 Å². The van der Waals surface area contributed by atoms with E-state index in [1.807, 2.05) is 0 Å². The fraction of sp³-hybridized carbons (Fsp3) is 0.889. The minimum atomic E-state index is -1.86. The van der Waals surface area contributed by atoms with E-state index in [1.54, 1.807) is 0 Å². The highest BCUT2D eigenvalue weighted by Gasteiger charge is 2.30. The van der Waals surface area contributed by atoms with Crippen LogP contribution in [0.15, 0.2) is 0 Å². The lowest BCUT2D eigenvalue weighted by atomic mass is 10.0. The Hall–Kier alpha value is -1.30. The van der Waals surface area contributed by atoms with Crippen LogP contribution >= 0.6 is 0 Å². The van der Waals surface area contributed by atoms with E-state index in [0.717, 1.165) is 0 Å². The maximum atomic E-state index is 10.5. The lowest BCUT2D eigenvalue weighted by Crippen LogP contribution is -2.46. The molecule has 0 aliphatic rings. The van der Waals surface area contributed by atoms with Gasteiger partial charge in [0.2, 0.25) is 0 Å². The topological polar surface area (TPSA) is 358 Å². The fourth-order valence-electron chi connectivity index (χ4n) is 1.89. The summed E-state index contributed by atoms with van der Waals surface area (Å²) in [6, 6.07) is 0. The van der Waals surface area contributed by atoms with Crippen LogP contribution in [0.5, 0.6) is 0 Å². The Morgan fingerprint density at radius 2 is 0.778 bits per heavy atom. The molecule has 0 spiro atoms. The summed E-state index contributed by atoms with van der Waals surface area (Å²) < 4.78 is 0.